The first kappa shape index (κ1) is 8.10. The van der Waals surface area contributed by atoms with E-state index in [0.717, 1.165) is 5.69 Å². The van der Waals surface area contributed by atoms with Crippen LogP contribution in [0.1, 0.15) is 12.6 Å². The minimum absolute atomic E-state index is 0.621. The predicted molar refractivity (Wildman–Crippen MR) is 40.5 cm³/mol. The predicted octanol–water partition coefficient (Wildman–Crippen LogP) is 0.518. The molecule has 0 radical (unpaired) electrons. The Balaban J connectivity index is 2.28. The molecule has 1 heterocycles. The van der Waals surface area contributed by atoms with Crippen molar-refractivity contribution in [3.8, 4) is 0 Å². The van der Waals surface area contributed by atoms with Crippen molar-refractivity contribution in [2.75, 3.05) is 6.61 Å². The van der Waals surface area contributed by atoms with Gasteiger partial charge in [-0.3, -0.25) is 0 Å². The van der Waals surface area contributed by atoms with E-state index in [2.05, 4.69) is 15.4 Å². The molecule has 0 aromatic carbocycles. The van der Waals surface area contributed by atoms with Gasteiger partial charge in [0.15, 0.2) is 0 Å². The maximum Gasteiger partial charge on any atom is 0.115 e. The van der Waals surface area contributed by atoms with Gasteiger partial charge in [-0.15, -0.1) is 0 Å². The summed E-state index contributed by atoms with van der Waals surface area (Å²) in [6.45, 7) is 3.20. The molecule has 1 rings (SSSR count). The number of hydrogen-bond acceptors (Lipinski definition) is 4. The number of hydrogen-bond donors (Lipinski definition) is 1. The highest BCUT2D eigenvalue weighted by Gasteiger charge is 1.89. The van der Waals surface area contributed by atoms with Crippen molar-refractivity contribution in [2.24, 2.45) is 0 Å². The fourth-order valence-corrected chi connectivity index (χ4v) is 0.650. The monoisotopic (exact) mass is 153 g/mol. The van der Waals surface area contributed by atoms with Gasteiger partial charge in [-0.1, -0.05) is 0 Å². The lowest BCUT2D eigenvalue weighted by molar-refractivity contribution is 0.0456. The Labute approximate surface area is 65.6 Å². The van der Waals surface area contributed by atoms with Gasteiger partial charge in [0.2, 0.25) is 0 Å². The quantitative estimate of drug-likeness (QED) is 0.506. The second-order valence-electron chi connectivity index (χ2n) is 1.95. The average Bonchev–Trinajstić information content (AvgIpc) is 2.07. The summed E-state index contributed by atoms with van der Waals surface area (Å²) in [6, 6.07) is 1.84. The summed E-state index contributed by atoms with van der Waals surface area (Å²) in [5.74, 6) is 0. The largest absolute Gasteiger partial charge is 0.302 e. The summed E-state index contributed by atoms with van der Waals surface area (Å²) >= 11 is 0. The Bertz CT molecular complexity index is 190. The molecule has 0 atom stereocenters. The van der Waals surface area contributed by atoms with Crippen LogP contribution in [-0.2, 0) is 11.4 Å². The SMILES string of the molecule is CCONCc1ccncn1. The van der Waals surface area contributed by atoms with E-state index < -0.39 is 0 Å². The maximum absolute atomic E-state index is 4.93. The molecule has 1 N–H and O–H groups in total. The highest BCUT2D eigenvalue weighted by Crippen LogP contribution is 1.88. The second kappa shape index (κ2) is 4.76. The fraction of sp³-hybridized carbons (Fsp3) is 0.429. The molecular formula is C7H11N3O. The molecular weight excluding hydrogens is 142 g/mol. The molecule has 1 aromatic heterocycles. The summed E-state index contributed by atoms with van der Waals surface area (Å²) in [7, 11) is 0. The van der Waals surface area contributed by atoms with Crippen molar-refractivity contribution >= 4 is 0 Å². The second-order valence-corrected chi connectivity index (χ2v) is 1.95. The molecule has 0 fully saturated rings. The standard InChI is InChI=1S/C7H11N3O/c1-2-11-10-5-7-3-4-8-6-9-7/h3-4,6,10H,2,5H2,1H3. The zero-order chi connectivity index (χ0) is 7.94. The Kier molecular flexibility index (Phi) is 3.51. The molecule has 1 aromatic rings. The van der Waals surface area contributed by atoms with Crippen LogP contribution in [0.25, 0.3) is 0 Å². The first-order valence-corrected chi connectivity index (χ1v) is 3.53. The van der Waals surface area contributed by atoms with E-state index in [1.165, 1.54) is 6.33 Å². The summed E-state index contributed by atoms with van der Waals surface area (Å²) in [5.41, 5.74) is 3.69. The minimum Gasteiger partial charge on any atom is -0.302 e. The zero-order valence-electron chi connectivity index (χ0n) is 6.45. The van der Waals surface area contributed by atoms with E-state index in [4.69, 9.17) is 4.84 Å². The lowest BCUT2D eigenvalue weighted by atomic mass is 10.4. The zero-order valence-corrected chi connectivity index (χ0v) is 6.45. The van der Waals surface area contributed by atoms with Gasteiger partial charge >= 0.3 is 0 Å². The number of rotatable bonds is 4. The molecule has 0 aliphatic rings. The van der Waals surface area contributed by atoms with Gasteiger partial charge in [-0.05, 0) is 13.0 Å². The third-order valence-corrected chi connectivity index (χ3v) is 1.14. The van der Waals surface area contributed by atoms with Crippen LogP contribution in [0.4, 0.5) is 0 Å². The van der Waals surface area contributed by atoms with Crippen LogP contribution < -0.4 is 5.48 Å². The summed E-state index contributed by atoms with van der Waals surface area (Å²) in [6.07, 6.45) is 3.22. The van der Waals surface area contributed by atoms with Crippen LogP contribution in [0.5, 0.6) is 0 Å². The number of nitrogens with one attached hydrogen (secondary N) is 1. The lowest BCUT2D eigenvalue weighted by Crippen LogP contribution is -2.14. The highest BCUT2D eigenvalue weighted by atomic mass is 16.6. The van der Waals surface area contributed by atoms with Gasteiger partial charge < -0.3 is 4.84 Å². The van der Waals surface area contributed by atoms with Gasteiger partial charge in [0.25, 0.3) is 0 Å². The normalized spacial score (nSPS) is 9.91. The molecule has 0 amide bonds. The summed E-state index contributed by atoms with van der Waals surface area (Å²) in [4.78, 5) is 12.7. The van der Waals surface area contributed by atoms with Gasteiger partial charge in [0, 0.05) is 6.20 Å². The molecule has 4 heteroatoms. The van der Waals surface area contributed by atoms with Gasteiger partial charge in [-0.25, -0.2) is 9.97 Å². The number of aromatic nitrogens is 2. The van der Waals surface area contributed by atoms with Crippen LogP contribution in [-0.4, -0.2) is 16.6 Å². The van der Waals surface area contributed by atoms with Crippen molar-refractivity contribution in [1.82, 2.24) is 15.4 Å². The molecule has 0 saturated carbocycles. The fourth-order valence-electron chi connectivity index (χ4n) is 0.650. The molecule has 4 nitrogen and oxygen atoms in total. The van der Waals surface area contributed by atoms with Crippen molar-refractivity contribution < 1.29 is 4.84 Å². The Hall–Kier alpha value is -1.00. The average molecular weight is 153 g/mol. The van der Waals surface area contributed by atoms with Crippen LogP contribution in [0.3, 0.4) is 0 Å². The van der Waals surface area contributed by atoms with Gasteiger partial charge in [-0.2, -0.15) is 5.48 Å². The van der Waals surface area contributed by atoms with Crippen LogP contribution in [0, 0.1) is 0 Å². The van der Waals surface area contributed by atoms with Crippen molar-refractivity contribution in [3.05, 3.63) is 24.3 Å². The lowest BCUT2D eigenvalue weighted by Gasteiger charge is -2.00. The molecule has 60 valence electrons. The molecule has 0 bridgehead atoms. The Morgan fingerprint density at radius 2 is 2.55 bits per heavy atom. The van der Waals surface area contributed by atoms with Crippen LogP contribution in [0.2, 0.25) is 0 Å². The minimum atomic E-state index is 0.621. The van der Waals surface area contributed by atoms with E-state index >= 15 is 0 Å². The Morgan fingerprint density at radius 3 is 3.18 bits per heavy atom. The van der Waals surface area contributed by atoms with Gasteiger partial charge in [0.1, 0.15) is 6.33 Å². The summed E-state index contributed by atoms with van der Waals surface area (Å²) in [5, 5.41) is 0. The highest BCUT2D eigenvalue weighted by molar-refractivity contribution is 4.96. The van der Waals surface area contributed by atoms with E-state index in [9.17, 15) is 0 Å². The van der Waals surface area contributed by atoms with Crippen LogP contribution in [0.15, 0.2) is 18.6 Å². The molecule has 0 aliphatic carbocycles. The number of hydroxylamine groups is 1. The topological polar surface area (TPSA) is 47.0 Å². The molecule has 0 aliphatic heterocycles. The molecule has 11 heavy (non-hydrogen) atoms. The van der Waals surface area contributed by atoms with Crippen LogP contribution >= 0.6 is 0 Å². The van der Waals surface area contributed by atoms with Crippen molar-refractivity contribution in [1.29, 1.82) is 0 Å². The van der Waals surface area contributed by atoms with E-state index in [-0.39, 0.29) is 0 Å². The van der Waals surface area contributed by atoms with E-state index in [1.54, 1.807) is 6.20 Å². The maximum atomic E-state index is 4.93. The van der Waals surface area contributed by atoms with E-state index in [0.29, 0.717) is 13.2 Å². The molecule has 0 spiro atoms. The van der Waals surface area contributed by atoms with Gasteiger partial charge in [0.05, 0.1) is 18.8 Å². The molecule has 0 saturated heterocycles. The summed E-state index contributed by atoms with van der Waals surface area (Å²) < 4.78 is 0. The third kappa shape index (κ3) is 3.06. The number of nitrogens with zero attached hydrogens (tertiary/aromatic N) is 2. The van der Waals surface area contributed by atoms with E-state index in [1.807, 2.05) is 13.0 Å². The van der Waals surface area contributed by atoms with Crippen molar-refractivity contribution in [3.63, 3.8) is 0 Å². The first-order chi connectivity index (χ1) is 5.43. The third-order valence-electron chi connectivity index (χ3n) is 1.14. The first-order valence-electron chi connectivity index (χ1n) is 3.53. The molecule has 0 unspecified atom stereocenters. The smallest absolute Gasteiger partial charge is 0.115 e. The van der Waals surface area contributed by atoms with Crippen molar-refractivity contribution in [2.45, 2.75) is 13.5 Å². The Morgan fingerprint density at radius 1 is 1.64 bits per heavy atom.